The average molecular weight is 1220 g/mol. The largest absolute Gasteiger partial charge is 0.311 e. The monoisotopic (exact) mass is 1220 g/mol. The fourth-order valence-electron chi connectivity index (χ4n) is 16.7. The second-order valence-corrected chi connectivity index (χ2v) is 32.7. The van der Waals surface area contributed by atoms with E-state index in [0.717, 1.165) is 17.1 Å². The SMILES string of the molecule is CC(C)(C)c1ccc(-c2cc3c4c(c2)N(c2ccc(-c5ccc6c(c5)C(C)(C)CCC6(C)C)cc2)c2cc(-n5c6ccccc6c6ccccc65)ccc2B4c2cc(-c4cccc(C(C)(C)C)c4)ccc2N3c2ccc(-c3ccc4c(c3)C(C)(C)CCC4(C)C)cc2)cc1. The first kappa shape index (κ1) is 59.9. The third-order valence-corrected chi connectivity index (χ3v) is 22.7. The van der Waals surface area contributed by atoms with Crippen LogP contribution in [0.2, 0.25) is 0 Å². The van der Waals surface area contributed by atoms with Gasteiger partial charge in [-0.3, -0.25) is 0 Å². The lowest BCUT2D eigenvalue weighted by molar-refractivity contribution is 0.332. The van der Waals surface area contributed by atoms with Gasteiger partial charge in [0.1, 0.15) is 0 Å². The summed E-state index contributed by atoms with van der Waals surface area (Å²) in [7, 11) is 0. The Labute approximate surface area is 559 Å². The second kappa shape index (κ2) is 21.2. The number of fused-ring (bicyclic) bond motifs is 9. The minimum absolute atomic E-state index is 0.00568. The fourth-order valence-corrected chi connectivity index (χ4v) is 16.7. The zero-order valence-electron chi connectivity index (χ0n) is 57.7. The van der Waals surface area contributed by atoms with Crippen LogP contribution in [-0.2, 0) is 32.5 Å². The number of nitrogens with zero attached hydrogens (tertiary/aromatic N) is 3. The molecule has 0 spiro atoms. The Morgan fingerprint density at radius 2 is 0.723 bits per heavy atom. The van der Waals surface area contributed by atoms with E-state index in [-0.39, 0.29) is 39.2 Å². The van der Waals surface area contributed by atoms with Crippen molar-refractivity contribution >= 4 is 79.0 Å². The predicted molar refractivity (Wildman–Crippen MR) is 405 cm³/mol. The van der Waals surface area contributed by atoms with Gasteiger partial charge in [0.2, 0.25) is 0 Å². The summed E-state index contributed by atoms with van der Waals surface area (Å²) in [6.07, 6.45) is 4.75. The minimum atomic E-state index is -0.123. The van der Waals surface area contributed by atoms with Gasteiger partial charge in [-0.15, -0.1) is 0 Å². The maximum Gasteiger partial charge on any atom is 0.252 e. The van der Waals surface area contributed by atoms with E-state index >= 15 is 0 Å². The van der Waals surface area contributed by atoms with E-state index in [4.69, 9.17) is 0 Å². The highest BCUT2D eigenvalue weighted by Crippen LogP contribution is 2.52. The summed E-state index contributed by atoms with van der Waals surface area (Å²) in [4.78, 5) is 5.23. The predicted octanol–water partition coefficient (Wildman–Crippen LogP) is 22.8. The van der Waals surface area contributed by atoms with Gasteiger partial charge in [-0.1, -0.05) is 261 Å². The van der Waals surface area contributed by atoms with Crippen LogP contribution >= 0.6 is 0 Å². The Kier molecular flexibility index (Phi) is 13.5. The Hall–Kier alpha value is -9.12. The van der Waals surface area contributed by atoms with Crippen LogP contribution in [0.5, 0.6) is 0 Å². The van der Waals surface area contributed by atoms with Crippen molar-refractivity contribution in [3.8, 4) is 50.2 Å². The van der Waals surface area contributed by atoms with Crippen LogP contribution < -0.4 is 26.2 Å². The van der Waals surface area contributed by atoms with E-state index in [9.17, 15) is 0 Å². The maximum absolute atomic E-state index is 2.62. The van der Waals surface area contributed by atoms with Crippen molar-refractivity contribution in [1.29, 1.82) is 0 Å². The lowest BCUT2D eigenvalue weighted by atomic mass is 9.33. The van der Waals surface area contributed by atoms with E-state index in [1.807, 2.05) is 0 Å². The van der Waals surface area contributed by atoms with Gasteiger partial charge in [-0.25, -0.2) is 0 Å². The topological polar surface area (TPSA) is 11.4 Å². The zero-order valence-corrected chi connectivity index (χ0v) is 57.7. The molecule has 1 aromatic heterocycles. The number of benzene rings is 11. The molecular weight excluding hydrogens is 1130 g/mol. The van der Waals surface area contributed by atoms with E-state index in [1.54, 1.807) is 0 Å². The number of anilines is 6. The third kappa shape index (κ3) is 9.74. The van der Waals surface area contributed by atoms with Crippen LogP contribution in [0.4, 0.5) is 34.1 Å². The zero-order chi connectivity index (χ0) is 65.2. The first-order valence-electron chi connectivity index (χ1n) is 34.6. The molecule has 0 saturated heterocycles. The van der Waals surface area contributed by atoms with Crippen LogP contribution in [0, 0.1) is 0 Å². The van der Waals surface area contributed by atoms with Crippen molar-refractivity contribution in [2.45, 2.75) is 155 Å². The quantitative estimate of drug-likeness (QED) is 0.147. The van der Waals surface area contributed by atoms with E-state index in [0.29, 0.717) is 0 Å². The summed E-state index contributed by atoms with van der Waals surface area (Å²) < 4.78 is 2.49. The standard InChI is InChI=1S/C90H88BN3/c1-85(2,3)65-35-26-59(27-36-65)64-54-82-84-83(55-64)93(68-39-30-58(31-40-68)62-33-43-73-75(52-62)90(13,14)49-47-88(73,9)10)81-56-69(94-78-24-17-15-22-70(78)71-23-16-18-25-79(71)94)41-44-76(81)91(84)77-53-63(60-20-19-21-66(50-60)86(4,5)6)34-45-80(77)92(82)67-37-28-57(29-38-67)61-32-42-72-74(51-61)89(11,12)48-46-87(72,7)8/h15-45,50-56H,46-49H2,1-14H3. The van der Waals surface area contributed by atoms with Crippen molar-refractivity contribution in [2.75, 3.05) is 9.80 Å². The van der Waals surface area contributed by atoms with Crippen LogP contribution in [-0.4, -0.2) is 11.3 Å². The molecule has 0 amide bonds. The summed E-state index contributed by atoms with van der Waals surface area (Å²) in [6, 6.07) is 90.0. The molecule has 2 aliphatic carbocycles. The van der Waals surface area contributed by atoms with Gasteiger partial charge in [-0.05, 0) is 219 Å². The van der Waals surface area contributed by atoms with Gasteiger partial charge >= 0.3 is 0 Å². The third-order valence-electron chi connectivity index (χ3n) is 22.7. The molecule has 4 aliphatic rings. The van der Waals surface area contributed by atoms with Crippen molar-refractivity contribution < 1.29 is 0 Å². The van der Waals surface area contributed by atoms with Gasteiger partial charge in [0.25, 0.3) is 6.71 Å². The van der Waals surface area contributed by atoms with Crippen molar-refractivity contribution in [3.05, 3.63) is 264 Å². The van der Waals surface area contributed by atoms with Crippen molar-refractivity contribution in [1.82, 2.24) is 4.57 Å². The highest BCUT2D eigenvalue weighted by Gasteiger charge is 2.45. The van der Waals surface area contributed by atoms with Crippen LogP contribution in [0.3, 0.4) is 0 Å². The Morgan fingerprint density at radius 3 is 1.24 bits per heavy atom. The summed E-state index contributed by atoms with van der Waals surface area (Å²) in [5, 5.41) is 2.50. The minimum Gasteiger partial charge on any atom is -0.311 e. The van der Waals surface area contributed by atoms with Crippen LogP contribution in [0.1, 0.15) is 156 Å². The Balaban J connectivity index is 0.954. The lowest BCUT2D eigenvalue weighted by Crippen LogP contribution is -2.61. The lowest BCUT2D eigenvalue weighted by Gasteiger charge is -2.45. The smallest absolute Gasteiger partial charge is 0.252 e. The highest BCUT2D eigenvalue weighted by atomic mass is 15.2. The Morgan fingerprint density at radius 1 is 0.298 bits per heavy atom. The molecule has 12 aromatic rings. The number of rotatable bonds is 7. The van der Waals surface area contributed by atoms with E-state index in [1.165, 1.54) is 165 Å². The molecule has 4 heteroatoms. The summed E-state index contributed by atoms with van der Waals surface area (Å²) in [6.45, 7) is 33.2. The molecule has 3 nitrogen and oxygen atoms in total. The molecule has 0 atom stereocenters. The molecule has 0 radical (unpaired) electrons. The van der Waals surface area contributed by atoms with Gasteiger partial charge in [-0.2, -0.15) is 0 Å². The van der Waals surface area contributed by atoms with Gasteiger partial charge < -0.3 is 14.4 Å². The van der Waals surface area contributed by atoms with Gasteiger partial charge in [0.05, 0.1) is 11.0 Å². The van der Waals surface area contributed by atoms with Crippen molar-refractivity contribution in [2.24, 2.45) is 0 Å². The summed E-state index contributed by atoms with van der Waals surface area (Å²) in [5.41, 5.74) is 33.3. The molecule has 16 rings (SSSR count). The molecule has 94 heavy (non-hydrogen) atoms. The molecule has 11 aromatic carbocycles. The van der Waals surface area contributed by atoms with Crippen molar-refractivity contribution in [3.63, 3.8) is 0 Å². The number of aromatic nitrogens is 1. The molecule has 466 valence electrons. The first-order chi connectivity index (χ1) is 44.8. The summed E-state index contributed by atoms with van der Waals surface area (Å²) >= 11 is 0. The van der Waals surface area contributed by atoms with Gasteiger partial charge in [0, 0.05) is 50.6 Å². The molecule has 2 aliphatic heterocycles. The fraction of sp³-hybridized carbons (Fsp3) is 0.267. The molecular formula is C90H88BN3. The normalized spacial score (nSPS) is 16.5. The molecule has 3 heterocycles. The van der Waals surface area contributed by atoms with Crippen LogP contribution in [0.15, 0.2) is 231 Å². The van der Waals surface area contributed by atoms with Gasteiger partial charge in [0.15, 0.2) is 0 Å². The highest BCUT2D eigenvalue weighted by molar-refractivity contribution is 7.00. The second-order valence-electron chi connectivity index (χ2n) is 32.7. The molecule has 0 fully saturated rings. The Bertz CT molecular complexity index is 4980. The van der Waals surface area contributed by atoms with E-state index in [2.05, 4.69) is 342 Å². The van der Waals surface area contributed by atoms with E-state index < -0.39 is 0 Å². The number of para-hydroxylation sites is 2. The van der Waals surface area contributed by atoms with Crippen LogP contribution in [0.25, 0.3) is 72.0 Å². The maximum atomic E-state index is 2.62. The number of hydrogen-bond donors (Lipinski definition) is 0. The summed E-state index contributed by atoms with van der Waals surface area (Å²) in [5.74, 6) is 0. The molecule has 0 bridgehead atoms. The molecule has 0 unspecified atom stereocenters. The molecule has 0 saturated carbocycles. The molecule has 0 N–H and O–H groups in total. The number of hydrogen-bond acceptors (Lipinski definition) is 2. The first-order valence-corrected chi connectivity index (χ1v) is 34.6. The average Bonchev–Trinajstić information content (AvgIpc) is 0.728.